The molecule has 0 bridgehead atoms. The van der Waals surface area contributed by atoms with E-state index < -0.39 is 0 Å². The fourth-order valence-corrected chi connectivity index (χ4v) is 4.99. The fourth-order valence-electron chi connectivity index (χ4n) is 4.99. The molecule has 2 aliphatic rings. The molecule has 7 heteroatoms. The molecular formula is C24H30N4O3. The number of amides is 2. The summed E-state index contributed by atoms with van der Waals surface area (Å²) in [6.07, 6.45) is 3.76. The first kappa shape index (κ1) is 21.2. The van der Waals surface area contributed by atoms with Gasteiger partial charge in [0.2, 0.25) is 0 Å². The highest BCUT2D eigenvalue weighted by Gasteiger charge is 2.49. The van der Waals surface area contributed by atoms with E-state index in [2.05, 4.69) is 39.9 Å². The molecule has 2 fully saturated rings. The summed E-state index contributed by atoms with van der Waals surface area (Å²) in [7, 11) is 5.51. The Balaban J connectivity index is 1.49. The topological polar surface area (TPSA) is 75.2 Å². The summed E-state index contributed by atoms with van der Waals surface area (Å²) >= 11 is 0. The van der Waals surface area contributed by atoms with Crippen LogP contribution in [-0.4, -0.2) is 50.5 Å². The normalized spacial score (nSPS) is 24.5. The van der Waals surface area contributed by atoms with E-state index in [1.54, 1.807) is 14.2 Å². The average Bonchev–Trinajstić information content (AvgIpc) is 3.15. The number of para-hydroxylation sites is 1. The van der Waals surface area contributed by atoms with Crippen molar-refractivity contribution in [3.63, 3.8) is 0 Å². The molecule has 2 amide bonds. The van der Waals surface area contributed by atoms with Crippen LogP contribution in [0, 0.1) is 0 Å². The number of methoxy groups -OCH3 is 2. The molecule has 4 rings (SSSR count). The van der Waals surface area contributed by atoms with Gasteiger partial charge in [-0.3, -0.25) is 0 Å². The Morgan fingerprint density at radius 2 is 1.87 bits per heavy atom. The van der Waals surface area contributed by atoms with Crippen LogP contribution >= 0.6 is 0 Å². The smallest absolute Gasteiger partial charge is 0.339 e. The summed E-state index contributed by atoms with van der Waals surface area (Å²) in [5.41, 5.74) is 5.77. The van der Waals surface area contributed by atoms with E-state index in [1.807, 2.05) is 36.4 Å². The SMILES string of the molecule is COc1ccc([C@]23CCC(=NNC(=O)Nc4ccccc4)CC2N(C)CC3)cc1OC. The number of likely N-dealkylation sites (N-methyl/N-ethyl adjacent to an activating group) is 1. The molecule has 2 atom stereocenters. The van der Waals surface area contributed by atoms with Gasteiger partial charge < -0.3 is 19.7 Å². The number of carbonyl (C=O) groups is 1. The summed E-state index contributed by atoms with van der Waals surface area (Å²) in [4.78, 5) is 14.6. The summed E-state index contributed by atoms with van der Waals surface area (Å²) in [6, 6.07) is 15.7. The molecule has 164 valence electrons. The first-order valence-electron chi connectivity index (χ1n) is 10.7. The van der Waals surface area contributed by atoms with Gasteiger partial charge in [0, 0.05) is 29.3 Å². The lowest BCUT2D eigenvalue weighted by Crippen LogP contribution is -2.46. The average molecular weight is 423 g/mol. The van der Waals surface area contributed by atoms with Crippen molar-refractivity contribution in [3.8, 4) is 11.5 Å². The molecule has 0 spiro atoms. The Morgan fingerprint density at radius 3 is 2.61 bits per heavy atom. The molecule has 2 N–H and O–H groups in total. The molecule has 1 unspecified atom stereocenters. The minimum atomic E-state index is -0.324. The highest BCUT2D eigenvalue weighted by Crippen LogP contribution is 2.49. The summed E-state index contributed by atoms with van der Waals surface area (Å²) in [5.74, 6) is 1.51. The van der Waals surface area contributed by atoms with Gasteiger partial charge in [-0.1, -0.05) is 24.3 Å². The standard InChI is InChI=1S/C24H30N4O3/c1-28-14-13-24(17-9-10-20(30-2)21(15-17)31-3)12-11-19(16-22(24)28)26-27-23(29)25-18-7-5-4-6-8-18/h4-10,15,22H,11-14,16H2,1-3H3,(H2,25,27,29)/t22?,24-/m1/s1. The van der Waals surface area contributed by atoms with Gasteiger partial charge in [-0.15, -0.1) is 0 Å². The Hall–Kier alpha value is -3.06. The maximum Gasteiger partial charge on any atom is 0.339 e. The maximum absolute atomic E-state index is 12.2. The Morgan fingerprint density at radius 1 is 1.10 bits per heavy atom. The first-order chi connectivity index (χ1) is 15.1. The van der Waals surface area contributed by atoms with Crippen molar-refractivity contribution in [2.24, 2.45) is 5.10 Å². The molecule has 31 heavy (non-hydrogen) atoms. The number of nitrogens with one attached hydrogen (secondary N) is 2. The lowest BCUT2D eigenvalue weighted by Gasteiger charge is -2.42. The van der Waals surface area contributed by atoms with E-state index in [0.717, 1.165) is 55.1 Å². The molecule has 7 nitrogen and oxygen atoms in total. The maximum atomic E-state index is 12.2. The Kier molecular flexibility index (Phi) is 6.13. The molecule has 2 aromatic rings. The van der Waals surface area contributed by atoms with Crippen LogP contribution < -0.4 is 20.2 Å². The molecule has 1 aliphatic carbocycles. The number of fused-ring (bicyclic) bond motifs is 1. The second kappa shape index (κ2) is 8.98. The highest BCUT2D eigenvalue weighted by molar-refractivity contribution is 5.92. The van der Waals surface area contributed by atoms with Gasteiger partial charge in [-0.05, 0) is 62.7 Å². The Labute approximate surface area is 183 Å². The van der Waals surface area contributed by atoms with Crippen molar-refractivity contribution in [3.05, 3.63) is 54.1 Å². The predicted molar refractivity (Wildman–Crippen MR) is 122 cm³/mol. The number of hydrazone groups is 1. The van der Waals surface area contributed by atoms with Crippen LogP contribution in [0.2, 0.25) is 0 Å². The number of benzene rings is 2. The van der Waals surface area contributed by atoms with Crippen molar-refractivity contribution >= 4 is 17.4 Å². The number of ether oxygens (including phenoxy) is 2. The monoisotopic (exact) mass is 422 g/mol. The number of anilines is 1. The van der Waals surface area contributed by atoms with E-state index in [1.165, 1.54) is 5.56 Å². The van der Waals surface area contributed by atoms with Crippen molar-refractivity contribution in [1.82, 2.24) is 10.3 Å². The van der Waals surface area contributed by atoms with Gasteiger partial charge in [0.1, 0.15) is 0 Å². The number of hydrogen-bond donors (Lipinski definition) is 2. The van der Waals surface area contributed by atoms with Gasteiger partial charge in [0.15, 0.2) is 11.5 Å². The zero-order valence-corrected chi connectivity index (χ0v) is 18.4. The second-order valence-electron chi connectivity index (χ2n) is 8.29. The van der Waals surface area contributed by atoms with E-state index in [0.29, 0.717) is 6.04 Å². The minimum Gasteiger partial charge on any atom is -0.493 e. The second-order valence-corrected chi connectivity index (χ2v) is 8.29. The van der Waals surface area contributed by atoms with Crippen molar-refractivity contribution < 1.29 is 14.3 Å². The van der Waals surface area contributed by atoms with Gasteiger partial charge in [-0.25, -0.2) is 10.2 Å². The largest absolute Gasteiger partial charge is 0.493 e. The molecule has 1 saturated heterocycles. The molecule has 2 aromatic carbocycles. The fraction of sp³-hybridized carbons (Fsp3) is 0.417. The third kappa shape index (κ3) is 4.23. The number of nitrogens with zero attached hydrogens (tertiary/aromatic N) is 2. The number of likely N-dealkylation sites (tertiary alicyclic amines) is 1. The van der Waals surface area contributed by atoms with Crippen LogP contribution in [0.4, 0.5) is 10.5 Å². The van der Waals surface area contributed by atoms with Crippen LogP contribution in [0.25, 0.3) is 0 Å². The van der Waals surface area contributed by atoms with Gasteiger partial charge in [0.05, 0.1) is 14.2 Å². The van der Waals surface area contributed by atoms with E-state index in [-0.39, 0.29) is 11.4 Å². The third-order valence-corrected chi connectivity index (χ3v) is 6.67. The first-order valence-corrected chi connectivity index (χ1v) is 10.7. The number of hydrogen-bond acceptors (Lipinski definition) is 5. The summed E-state index contributed by atoms with van der Waals surface area (Å²) in [6.45, 7) is 1.04. The van der Waals surface area contributed by atoms with Gasteiger partial charge in [0.25, 0.3) is 0 Å². The van der Waals surface area contributed by atoms with Gasteiger partial charge >= 0.3 is 6.03 Å². The summed E-state index contributed by atoms with van der Waals surface area (Å²) < 4.78 is 11.0. The molecule has 1 aliphatic heterocycles. The van der Waals surface area contributed by atoms with E-state index in [9.17, 15) is 4.79 Å². The number of rotatable bonds is 5. The van der Waals surface area contributed by atoms with Crippen molar-refractivity contribution in [1.29, 1.82) is 0 Å². The summed E-state index contributed by atoms with van der Waals surface area (Å²) in [5, 5.41) is 7.24. The van der Waals surface area contributed by atoms with Crippen LogP contribution in [0.3, 0.4) is 0 Å². The zero-order valence-electron chi connectivity index (χ0n) is 18.4. The van der Waals surface area contributed by atoms with E-state index in [4.69, 9.17) is 9.47 Å². The quantitative estimate of drug-likeness (QED) is 0.714. The molecule has 0 aromatic heterocycles. The van der Waals surface area contributed by atoms with Crippen LogP contribution in [0.15, 0.2) is 53.6 Å². The molecule has 1 heterocycles. The lowest BCUT2D eigenvalue weighted by molar-refractivity contribution is 0.225. The predicted octanol–water partition coefficient (Wildman–Crippen LogP) is 4.01. The van der Waals surface area contributed by atoms with E-state index >= 15 is 0 Å². The van der Waals surface area contributed by atoms with Crippen LogP contribution in [-0.2, 0) is 5.41 Å². The van der Waals surface area contributed by atoms with Gasteiger partial charge in [-0.2, -0.15) is 5.10 Å². The zero-order chi connectivity index (χ0) is 21.8. The van der Waals surface area contributed by atoms with Crippen LogP contribution in [0.1, 0.15) is 31.2 Å². The molecular weight excluding hydrogens is 392 g/mol. The third-order valence-electron chi connectivity index (χ3n) is 6.67. The molecule has 0 radical (unpaired) electrons. The minimum absolute atomic E-state index is 0.0552. The van der Waals surface area contributed by atoms with Crippen molar-refractivity contribution in [2.45, 2.75) is 37.1 Å². The highest BCUT2D eigenvalue weighted by atomic mass is 16.5. The molecule has 1 saturated carbocycles. The number of carbonyl (C=O) groups excluding carboxylic acids is 1. The Bertz CT molecular complexity index is 963. The number of urea groups is 1. The van der Waals surface area contributed by atoms with Crippen molar-refractivity contribution in [2.75, 3.05) is 33.1 Å². The van der Waals surface area contributed by atoms with Crippen LogP contribution in [0.5, 0.6) is 11.5 Å². The lowest BCUT2D eigenvalue weighted by atomic mass is 9.65.